The van der Waals surface area contributed by atoms with Gasteiger partial charge in [0, 0.05) is 47.9 Å². The largest absolute Gasteiger partial charge is 0.741 e. The average molecular weight is 967 g/mol. The first-order valence-electron chi connectivity index (χ1n) is 20.6. The fourth-order valence-electron chi connectivity index (χ4n) is 7.33. The number of nitrogens with one attached hydrogen (secondary N) is 2. The van der Waals surface area contributed by atoms with Crippen LogP contribution in [0.4, 0.5) is 26.3 Å². The van der Waals surface area contributed by atoms with Crippen LogP contribution in [-0.2, 0) is 20.2 Å². The molecule has 4 heterocycles. The van der Waals surface area contributed by atoms with E-state index < -0.39 is 31.3 Å². The van der Waals surface area contributed by atoms with Crippen molar-refractivity contribution in [2.75, 3.05) is 52.4 Å². The van der Waals surface area contributed by atoms with Crippen LogP contribution in [-0.4, -0.2) is 130 Å². The van der Waals surface area contributed by atoms with Gasteiger partial charge in [0.15, 0.2) is 43.1 Å². The molecule has 0 unspecified atom stereocenters. The average Bonchev–Trinajstić information content (AvgIpc) is 3.30. The van der Waals surface area contributed by atoms with Crippen LogP contribution in [0, 0.1) is 0 Å². The first-order valence-corrected chi connectivity index (χ1v) is 23.4. The summed E-state index contributed by atoms with van der Waals surface area (Å²) in [5.74, 6) is 2.90. The molecule has 0 amide bonds. The summed E-state index contributed by atoms with van der Waals surface area (Å²) in [6, 6.07) is 40.0. The molecule has 356 valence electrons. The van der Waals surface area contributed by atoms with Gasteiger partial charge in [-0.05, 0) is 0 Å². The van der Waals surface area contributed by atoms with Gasteiger partial charge in [-0.15, -0.1) is 0 Å². The highest BCUT2D eigenvalue weighted by atomic mass is 32.2. The molecule has 4 aliphatic heterocycles. The van der Waals surface area contributed by atoms with Crippen molar-refractivity contribution in [1.29, 1.82) is 0 Å². The normalized spacial score (nSPS) is 17.3. The molecule has 0 saturated carbocycles. The monoisotopic (exact) mass is 966 g/mol. The Labute approximate surface area is 378 Å². The van der Waals surface area contributed by atoms with Crippen molar-refractivity contribution in [3.05, 3.63) is 144 Å². The third-order valence-corrected chi connectivity index (χ3v) is 11.4. The Morgan fingerprint density at radius 1 is 0.485 bits per heavy atom. The topological polar surface area (TPSA) is 191 Å². The predicted molar refractivity (Wildman–Crippen MR) is 234 cm³/mol. The van der Waals surface area contributed by atoms with E-state index in [-0.39, 0.29) is 0 Å². The number of halogens is 6. The lowest BCUT2D eigenvalue weighted by Crippen LogP contribution is -2.54. The molecule has 4 N–H and O–H groups in total. The zero-order valence-corrected chi connectivity index (χ0v) is 36.9. The van der Waals surface area contributed by atoms with Gasteiger partial charge in [-0.1, -0.05) is 121 Å². The second-order valence-electron chi connectivity index (χ2n) is 14.9. The summed E-state index contributed by atoms with van der Waals surface area (Å²) in [7, 11) is -12.2. The quantitative estimate of drug-likeness (QED) is 0.0418. The highest BCUT2D eigenvalue weighted by Gasteiger charge is 2.38. The molecule has 0 spiro atoms. The van der Waals surface area contributed by atoms with Crippen molar-refractivity contribution in [3.63, 3.8) is 0 Å². The molecule has 0 aromatic heterocycles. The highest BCUT2D eigenvalue weighted by Crippen LogP contribution is 2.31. The van der Waals surface area contributed by atoms with Crippen LogP contribution in [0.3, 0.4) is 0 Å². The standard InChI is InChI=1S/2C21H23N3O.2CHF3O3S/c2*25-20(18-11-5-2-6-12-18)19(17-9-3-1-4-10-17)24-16-8-15-23-14-7-13-22-21(23)24;2*2-1(3,4)8(5,6)7/h2*1-6,9-12,25H,7-8,13-16H2;2*(H,5,6,7)/b2*20-19-;;. The summed E-state index contributed by atoms with van der Waals surface area (Å²) in [4.78, 5) is 4.50. The summed E-state index contributed by atoms with van der Waals surface area (Å²) in [5, 5.41) is 29.4. The first-order chi connectivity index (χ1) is 31.2. The molecular weight excluding hydrogens is 919 g/mol. The van der Waals surface area contributed by atoms with Gasteiger partial charge in [0.25, 0.3) is 0 Å². The molecule has 66 heavy (non-hydrogen) atoms. The number of alkyl halides is 6. The Morgan fingerprint density at radius 3 is 1.02 bits per heavy atom. The van der Waals surface area contributed by atoms with Crippen LogP contribution in [0.25, 0.3) is 22.9 Å². The summed E-state index contributed by atoms with van der Waals surface area (Å²) < 4.78 is 123. The molecule has 0 atom stereocenters. The third-order valence-electron chi connectivity index (χ3n) is 10.3. The van der Waals surface area contributed by atoms with E-state index in [2.05, 4.69) is 53.8 Å². The van der Waals surface area contributed by atoms with Gasteiger partial charge in [-0.25, -0.2) is 26.6 Å². The lowest BCUT2D eigenvalue weighted by Gasteiger charge is -2.32. The summed E-state index contributed by atoms with van der Waals surface area (Å²) in [6.45, 7) is 8.08. The molecular formula is C44H48F6N6O8S2. The van der Waals surface area contributed by atoms with Crippen LogP contribution in [0.2, 0.25) is 0 Å². The van der Waals surface area contributed by atoms with Gasteiger partial charge in [0.2, 0.25) is 0 Å². The summed E-state index contributed by atoms with van der Waals surface area (Å²) >= 11 is 0. The van der Waals surface area contributed by atoms with Crippen LogP contribution in [0.5, 0.6) is 0 Å². The number of guanidine groups is 2. The van der Waals surface area contributed by atoms with Crippen LogP contribution in [0.1, 0.15) is 47.9 Å². The molecule has 14 nitrogen and oxygen atoms in total. The minimum absolute atomic E-state index is 0.327. The molecule has 0 aliphatic carbocycles. The zero-order chi connectivity index (χ0) is 48.1. The lowest BCUT2D eigenvalue weighted by atomic mass is 10.0. The molecule has 0 saturated heterocycles. The Bertz CT molecular complexity index is 2410. The molecule has 4 aliphatic rings. The predicted octanol–water partition coefficient (Wildman–Crippen LogP) is 6.38. The molecule has 0 fully saturated rings. The fraction of sp³-hybridized carbons (Fsp3) is 0.318. The maximum atomic E-state index is 11.2. The van der Waals surface area contributed by atoms with E-state index >= 15 is 0 Å². The van der Waals surface area contributed by atoms with E-state index in [1.165, 1.54) is 0 Å². The van der Waals surface area contributed by atoms with Crippen molar-refractivity contribution in [1.82, 2.24) is 20.4 Å². The number of hydrogen-bond donors (Lipinski definition) is 4. The number of aliphatic hydroxyl groups is 2. The Hall–Kier alpha value is -6.10. The van der Waals surface area contributed by atoms with Gasteiger partial charge < -0.3 is 19.3 Å². The van der Waals surface area contributed by atoms with Crippen molar-refractivity contribution >= 4 is 55.1 Å². The second kappa shape index (κ2) is 22.4. The number of rotatable bonds is 6. The first kappa shape index (κ1) is 50.9. The van der Waals surface area contributed by atoms with Gasteiger partial charge >= 0.3 is 22.9 Å². The van der Waals surface area contributed by atoms with Gasteiger partial charge in [0.1, 0.15) is 0 Å². The van der Waals surface area contributed by atoms with Crippen LogP contribution < -0.4 is 10.6 Å². The van der Waals surface area contributed by atoms with Crippen molar-refractivity contribution in [2.24, 2.45) is 0 Å². The molecule has 4 aromatic rings. The second-order valence-corrected chi connectivity index (χ2v) is 17.6. The molecule has 0 bridgehead atoms. The van der Waals surface area contributed by atoms with Crippen LogP contribution >= 0.6 is 0 Å². The van der Waals surface area contributed by atoms with E-state index in [1.807, 2.05) is 97.1 Å². The molecule has 8 rings (SSSR count). The lowest BCUT2D eigenvalue weighted by molar-refractivity contribution is -0.543. The zero-order valence-electron chi connectivity index (χ0n) is 35.2. The molecule has 22 heteroatoms. The number of hydrogen-bond acceptors (Lipinski definition) is 12. The van der Waals surface area contributed by atoms with E-state index in [4.69, 9.17) is 25.9 Å². The highest BCUT2D eigenvalue weighted by molar-refractivity contribution is 7.86. The van der Waals surface area contributed by atoms with Gasteiger partial charge in [-0.2, -0.15) is 26.3 Å². The number of benzene rings is 4. The van der Waals surface area contributed by atoms with E-state index in [0.29, 0.717) is 11.5 Å². The van der Waals surface area contributed by atoms with Crippen LogP contribution in [0.15, 0.2) is 121 Å². The SMILES string of the molecule is O/C(=C(/c1ccccc1)N1CCC[N+]2=C1NCCC2)c1ccccc1.O/C(=C(/c1ccccc1)N1CCC[N+]2=C1NCCC2)c1ccccc1.O=S(=O)([O-])C(F)(F)F.O=S(=O)([O-])C(F)(F)F. The Kier molecular flexibility index (Phi) is 17.3. The molecule has 4 aromatic carbocycles. The minimum atomic E-state index is -6.09. The number of aliphatic hydroxyl groups excluding tert-OH is 2. The van der Waals surface area contributed by atoms with Crippen molar-refractivity contribution in [2.45, 2.75) is 36.7 Å². The van der Waals surface area contributed by atoms with Crippen molar-refractivity contribution < 1.29 is 71.6 Å². The van der Waals surface area contributed by atoms with E-state index in [0.717, 1.165) is 124 Å². The maximum absolute atomic E-state index is 11.2. The van der Waals surface area contributed by atoms with Gasteiger partial charge in [-0.3, -0.25) is 19.8 Å². The fourth-order valence-corrected chi connectivity index (χ4v) is 7.33. The summed E-state index contributed by atoms with van der Waals surface area (Å²) in [5.41, 5.74) is -5.79. The summed E-state index contributed by atoms with van der Waals surface area (Å²) in [6.07, 6.45) is 4.49. The maximum Gasteiger partial charge on any atom is 0.485 e. The van der Waals surface area contributed by atoms with E-state index in [1.54, 1.807) is 0 Å². The molecule has 0 radical (unpaired) electrons. The Balaban J connectivity index is 0.000000188. The Morgan fingerprint density at radius 2 is 0.742 bits per heavy atom. The van der Waals surface area contributed by atoms with Crippen molar-refractivity contribution in [3.8, 4) is 0 Å². The van der Waals surface area contributed by atoms with Gasteiger partial charge in [0.05, 0.1) is 52.4 Å². The number of nitrogens with zero attached hydrogens (tertiary/aromatic N) is 4. The third kappa shape index (κ3) is 13.5. The smallest absolute Gasteiger partial charge is 0.485 e. The van der Waals surface area contributed by atoms with E-state index in [9.17, 15) is 36.6 Å². The minimum Gasteiger partial charge on any atom is -0.741 e.